The second kappa shape index (κ2) is 7.87. The van der Waals surface area contributed by atoms with Crippen LogP contribution in [0.4, 0.5) is 10.2 Å². The fraction of sp³-hybridized carbons (Fsp3) is 0.0952. The second-order valence-corrected chi connectivity index (χ2v) is 6.07. The number of hydrogen-bond donors (Lipinski definition) is 1. The molecule has 7 heteroatoms. The largest absolute Gasteiger partial charge is 0.497 e. The van der Waals surface area contributed by atoms with E-state index in [1.54, 1.807) is 25.4 Å². The lowest BCUT2D eigenvalue weighted by molar-refractivity contribution is 0.414. The molecule has 140 valence electrons. The standard InChI is InChI=1S/C21H17FN4O2/c1-27-18-7-2-4-14(10-18)12-23-19-9-8-16(13-24-19)21-25-20(26-28-21)15-5-3-6-17(22)11-15/h2-11,13H,12H2,1H3,(H,23,24). The van der Waals surface area contributed by atoms with E-state index >= 15 is 0 Å². The van der Waals surface area contributed by atoms with Crippen LogP contribution in [0, 0.1) is 5.82 Å². The molecule has 0 saturated carbocycles. The van der Waals surface area contributed by atoms with Crippen molar-refractivity contribution in [3.63, 3.8) is 0 Å². The maximum atomic E-state index is 13.4. The van der Waals surface area contributed by atoms with Gasteiger partial charge in [0.1, 0.15) is 17.4 Å². The molecule has 0 aliphatic rings. The number of ether oxygens (including phenoxy) is 1. The molecular weight excluding hydrogens is 359 g/mol. The molecule has 0 atom stereocenters. The zero-order valence-corrected chi connectivity index (χ0v) is 15.1. The number of pyridine rings is 1. The first-order valence-electron chi connectivity index (χ1n) is 8.64. The van der Waals surface area contributed by atoms with Crippen LogP contribution >= 0.6 is 0 Å². The summed E-state index contributed by atoms with van der Waals surface area (Å²) < 4.78 is 23.9. The van der Waals surface area contributed by atoms with Gasteiger partial charge in [-0.15, -0.1) is 0 Å². The van der Waals surface area contributed by atoms with Crippen molar-refractivity contribution in [2.75, 3.05) is 12.4 Å². The Kier molecular flexibility index (Phi) is 4.97. The molecule has 0 spiro atoms. The van der Waals surface area contributed by atoms with Crippen molar-refractivity contribution < 1.29 is 13.7 Å². The summed E-state index contributed by atoms with van der Waals surface area (Å²) in [5.41, 5.74) is 2.32. The van der Waals surface area contributed by atoms with Gasteiger partial charge in [0, 0.05) is 18.3 Å². The summed E-state index contributed by atoms with van der Waals surface area (Å²) in [6, 6.07) is 17.5. The average molecular weight is 376 g/mol. The minimum Gasteiger partial charge on any atom is -0.497 e. The molecule has 0 saturated heterocycles. The van der Waals surface area contributed by atoms with E-state index in [1.807, 2.05) is 36.4 Å². The first-order chi connectivity index (χ1) is 13.7. The van der Waals surface area contributed by atoms with Crippen molar-refractivity contribution >= 4 is 5.82 Å². The van der Waals surface area contributed by atoms with Gasteiger partial charge in [-0.2, -0.15) is 4.98 Å². The summed E-state index contributed by atoms with van der Waals surface area (Å²) in [7, 11) is 1.64. The Bertz CT molecular complexity index is 1080. The Labute approximate surface area is 161 Å². The van der Waals surface area contributed by atoms with E-state index in [0.29, 0.717) is 29.4 Å². The van der Waals surface area contributed by atoms with Crippen molar-refractivity contribution in [1.29, 1.82) is 0 Å². The number of aromatic nitrogens is 3. The van der Waals surface area contributed by atoms with Gasteiger partial charge in [-0.1, -0.05) is 29.4 Å². The van der Waals surface area contributed by atoms with Gasteiger partial charge in [-0.05, 0) is 42.0 Å². The molecule has 0 radical (unpaired) electrons. The number of methoxy groups -OCH3 is 1. The average Bonchev–Trinajstić information content (AvgIpc) is 3.23. The highest BCUT2D eigenvalue weighted by molar-refractivity contribution is 5.60. The molecule has 2 heterocycles. The molecule has 2 aromatic carbocycles. The summed E-state index contributed by atoms with van der Waals surface area (Å²) in [6.45, 7) is 0.619. The minimum atomic E-state index is -0.350. The summed E-state index contributed by atoms with van der Waals surface area (Å²) in [6.07, 6.45) is 1.65. The molecule has 0 amide bonds. The summed E-state index contributed by atoms with van der Waals surface area (Å²) in [4.78, 5) is 8.69. The molecule has 0 aliphatic carbocycles. The number of benzene rings is 2. The Morgan fingerprint density at radius 2 is 1.93 bits per heavy atom. The minimum absolute atomic E-state index is 0.325. The SMILES string of the molecule is COc1cccc(CNc2ccc(-c3nc(-c4cccc(F)c4)no3)cn2)c1. The molecule has 2 aromatic heterocycles. The number of halogens is 1. The lowest BCUT2D eigenvalue weighted by atomic mass is 10.2. The molecule has 0 fully saturated rings. The lowest BCUT2D eigenvalue weighted by Crippen LogP contribution is -2.01. The highest BCUT2D eigenvalue weighted by Gasteiger charge is 2.11. The lowest BCUT2D eigenvalue weighted by Gasteiger charge is -2.07. The first-order valence-corrected chi connectivity index (χ1v) is 8.64. The summed E-state index contributed by atoms with van der Waals surface area (Å²) in [5.74, 6) is 1.84. The van der Waals surface area contributed by atoms with Crippen LogP contribution in [0.1, 0.15) is 5.56 Å². The molecule has 0 bridgehead atoms. The predicted octanol–water partition coefficient (Wildman–Crippen LogP) is 4.56. The van der Waals surface area contributed by atoms with Gasteiger partial charge in [0.2, 0.25) is 5.82 Å². The van der Waals surface area contributed by atoms with Gasteiger partial charge >= 0.3 is 0 Å². The van der Waals surface area contributed by atoms with Gasteiger partial charge < -0.3 is 14.6 Å². The topological polar surface area (TPSA) is 73.1 Å². The number of anilines is 1. The van der Waals surface area contributed by atoms with E-state index in [1.165, 1.54) is 12.1 Å². The van der Waals surface area contributed by atoms with Crippen molar-refractivity contribution in [2.24, 2.45) is 0 Å². The highest BCUT2D eigenvalue weighted by atomic mass is 19.1. The predicted molar refractivity (Wildman–Crippen MR) is 103 cm³/mol. The van der Waals surface area contributed by atoms with Gasteiger partial charge in [-0.3, -0.25) is 0 Å². The Balaban J connectivity index is 1.44. The molecule has 0 aliphatic heterocycles. The molecular formula is C21H17FN4O2. The molecule has 4 aromatic rings. The van der Waals surface area contributed by atoms with E-state index in [9.17, 15) is 4.39 Å². The van der Waals surface area contributed by atoms with E-state index in [0.717, 1.165) is 17.1 Å². The monoisotopic (exact) mass is 376 g/mol. The third-order valence-electron chi connectivity index (χ3n) is 4.13. The van der Waals surface area contributed by atoms with E-state index in [-0.39, 0.29) is 5.82 Å². The number of hydrogen-bond acceptors (Lipinski definition) is 6. The Morgan fingerprint density at radius 3 is 2.71 bits per heavy atom. The highest BCUT2D eigenvalue weighted by Crippen LogP contribution is 2.23. The van der Waals surface area contributed by atoms with Gasteiger partial charge in [0.25, 0.3) is 5.89 Å². The second-order valence-electron chi connectivity index (χ2n) is 6.07. The van der Waals surface area contributed by atoms with Crippen LogP contribution in [0.3, 0.4) is 0 Å². The van der Waals surface area contributed by atoms with Gasteiger partial charge in [0.05, 0.1) is 12.7 Å². The van der Waals surface area contributed by atoms with Crippen LogP contribution in [0.25, 0.3) is 22.8 Å². The maximum Gasteiger partial charge on any atom is 0.259 e. The van der Waals surface area contributed by atoms with Crippen LogP contribution in [0.5, 0.6) is 5.75 Å². The number of rotatable bonds is 6. The molecule has 4 rings (SSSR count). The van der Waals surface area contributed by atoms with Crippen molar-refractivity contribution in [2.45, 2.75) is 6.54 Å². The maximum absolute atomic E-state index is 13.4. The fourth-order valence-electron chi connectivity index (χ4n) is 2.69. The van der Waals surface area contributed by atoms with E-state index in [2.05, 4.69) is 20.4 Å². The van der Waals surface area contributed by atoms with Crippen molar-refractivity contribution in [1.82, 2.24) is 15.1 Å². The van der Waals surface area contributed by atoms with Gasteiger partial charge in [-0.25, -0.2) is 9.37 Å². The molecule has 1 N–H and O–H groups in total. The van der Waals surface area contributed by atoms with Crippen LogP contribution < -0.4 is 10.1 Å². The third kappa shape index (κ3) is 3.98. The smallest absolute Gasteiger partial charge is 0.259 e. The molecule has 6 nitrogen and oxygen atoms in total. The fourth-order valence-corrected chi connectivity index (χ4v) is 2.69. The normalized spacial score (nSPS) is 10.6. The van der Waals surface area contributed by atoms with Crippen molar-refractivity contribution in [3.8, 4) is 28.6 Å². The first kappa shape index (κ1) is 17.7. The van der Waals surface area contributed by atoms with Crippen LogP contribution in [0.15, 0.2) is 71.4 Å². The van der Waals surface area contributed by atoms with Crippen LogP contribution in [-0.4, -0.2) is 22.2 Å². The van der Waals surface area contributed by atoms with Crippen molar-refractivity contribution in [3.05, 3.63) is 78.2 Å². The summed E-state index contributed by atoms with van der Waals surface area (Å²) >= 11 is 0. The van der Waals surface area contributed by atoms with E-state index < -0.39 is 0 Å². The Hall–Kier alpha value is -3.74. The molecule has 0 unspecified atom stereocenters. The van der Waals surface area contributed by atoms with Crippen LogP contribution in [0.2, 0.25) is 0 Å². The van der Waals surface area contributed by atoms with Crippen LogP contribution in [-0.2, 0) is 6.54 Å². The van der Waals surface area contributed by atoms with Gasteiger partial charge in [0.15, 0.2) is 0 Å². The number of nitrogens with zero attached hydrogens (tertiary/aromatic N) is 3. The number of nitrogens with one attached hydrogen (secondary N) is 1. The zero-order valence-electron chi connectivity index (χ0n) is 15.1. The Morgan fingerprint density at radius 1 is 1.04 bits per heavy atom. The summed E-state index contributed by atoms with van der Waals surface area (Å²) in [5, 5.41) is 7.16. The zero-order chi connectivity index (χ0) is 19.3. The molecule has 28 heavy (non-hydrogen) atoms. The quantitative estimate of drug-likeness (QED) is 0.532. The van der Waals surface area contributed by atoms with E-state index in [4.69, 9.17) is 9.26 Å². The third-order valence-corrected chi connectivity index (χ3v) is 4.13.